The van der Waals surface area contributed by atoms with E-state index in [-0.39, 0.29) is 12.1 Å². The molecule has 6 heteroatoms. The first-order valence-electron chi connectivity index (χ1n) is 7.92. The predicted molar refractivity (Wildman–Crippen MR) is 86.9 cm³/mol. The van der Waals surface area contributed by atoms with E-state index in [4.69, 9.17) is 15.4 Å². The summed E-state index contributed by atoms with van der Waals surface area (Å²) in [7, 11) is 0. The topological polar surface area (TPSA) is 74.0 Å². The van der Waals surface area contributed by atoms with E-state index in [0.29, 0.717) is 13.2 Å². The third kappa shape index (κ3) is 5.41. The minimum Gasteiger partial charge on any atom is -0.491 e. The van der Waals surface area contributed by atoms with Gasteiger partial charge in [-0.25, -0.2) is 10.7 Å². The molecule has 0 aliphatic carbocycles. The molecule has 0 aromatic heterocycles. The molecule has 0 unspecified atom stereocenters. The number of benzene rings is 1. The number of hydrogen-bond donors (Lipinski definition) is 1. The van der Waals surface area contributed by atoms with Crippen LogP contribution in [0, 0.1) is 0 Å². The smallest absolute Gasteiger partial charge is 0.410 e. The van der Waals surface area contributed by atoms with Crippen LogP contribution in [0.2, 0.25) is 0 Å². The highest BCUT2D eigenvalue weighted by Gasteiger charge is 2.32. The maximum atomic E-state index is 12.2. The van der Waals surface area contributed by atoms with Crippen LogP contribution in [0.4, 0.5) is 4.79 Å². The highest BCUT2D eigenvalue weighted by atomic mass is 16.6. The molecule has 0 saturated carbocycles. The first-order chi connectivity index (χ1) is 10.9. The van der Waals surface area contributed by atoms with Gasteiger partial charge in [0.15, 0.2) is 0 Å². The first kappa shape index (κ1) is 17.6. The number of amides is 1. The zero-order valence-electron chi connectivity index (χ0n) is 14.1. The van der Waals surface area contributed by atoms with Crippen LogP contribution >= 0.6 is 0 Å². The molecule has 1 aliphatic rings. The van der Waals surface area contributed by atoms with E-state index in [9.17, 15) is 4.79 Å². The SMILES string of the molecule is CC(C)(C)OC(=O)N1CCC[C@H]1COc1ccc(CON)cc1. The number of carbonyl (C=O) groups is 1. The Morgan fingerprint density at radius 3 is 2.61 bits per heavy atom. The highest BCUT2D eigenvalue weighted by Crippen LogP contribution is 2.22. The van der Waals surface area contributed by atoms with Crippen molar-refractivity contribution in [1.29, 1.82) is 0 Å². The molecule has 2 N–H and O–H groups in total. The number of hydrogen-bond acceptors (Lipinski definition) is 5. The minimum atomic E-state index is -0.480. The lowest BCUT2D eigenvalue weighted by Gasteiger charge is -2.28. The Balaban J connectivity index is 1.87. The van der Waals surface area contributed by atoms with Crippen molar-refractivity contribution in [3.63, 3.8) is 0 Å². The monoisotopic (exact) mass is 322 g/mol. The Morgan fingerprint density at radius 1 is 1.30 bits per heavy atom. The van der Waals surface area contributed by atoms with Crippen LogP contribution < -0.4 is 10.6 Å². The molecule has 1 heterocycles. The highest BCUT2D eigenvalue weighted by molar-refractivity contribution is 5.69. The lowest BCUT2D eigenvalue weighted by Crippen LogP contribution is -2.42. The molecular weight excluding hydrogens is 296 g/mol. The largest absolute Gasteiger partial charge is 0.491 e. The van der Waals surface area contributed by atoms with Gasteiger partial charge in [0.25, 0.3) is 0 Å². The van der Waals surface area contributed by atoms with Crippen molar-refractivity contribution in [2.24, 2.45) is 5.90 Å². The van der Waals surface area contributed by atoms with Gasteiger partial charge in [-0.05, 0) is 51.3 Å². The van der Waals surface area contributed by atoms with Crippen molar-refractivity contribution in [2.45, 2.75) is 51.9 Å². The average molecular weight is 322 g/mol. The second-order valence-corrected chi connectivity index (χ2v) is 6.74. The summed E-state index contributed by atoms with van der Waals surface area (Å²) in [6.07, 6.45) is 1.64. The second-order valence-electron chi connectivity index (χ2n) is 6.74. The summed E-state index contributed by atoms with van der Waals surface area (Å²) < 4.78 is 11.3. The normalized spacial score (nSPS) is 18.1. The summed E-state index contributed by atoms with van der Waals surface area (Å²) in [6.45, 7) is 7.17. The Kier molecular flexibility index (Phi) is 5.85. The fraction of sp³-hybridized carbons (Fsp3) is 0.588. The summed E-state index contributed by atoms with van der Waals surface area (Å²) in [5.41, 5.74) is 0.502. The van der Waals surface area contributed by atoms with Gasteiger partial charge in [-0.2, -0.15) is 0 Å². The zero-order valence-corrected chi connectivity index (χ0v) is 14.1. The van der Waals surface area contributed by atoms with E-state index >= 15 is 0 Å². The van der Waals surface area contributed by atoms with Crippen LogP contribution in [0.1, 0.15) is 39.2 Å². The van der Waals surface area contributed by atoms with Gasteiger partial charge >= 0.3 is 6.09 Å². The molecule has 1 aromatic carbocycles. The van der Waals surface area contributed by atoms with Crippen molar-refractivity contribution in [1.82, 2.24) is 4.90 Å². The van der Waals surface area contributed by atoms with Gasteiger partial charge in [-0.15, -0.1) is 0 Å². The van der Waals surface area contributed by atoms with E-state index in [1.165, 1.54) is 0 Å². The fourth-order valence-electron chi connectivity index (χ4n) is 2.54. The molecule has 1 aromatic rings. The molecule has 0 radical (unpaired) electrons. The Labute approximate surface area is 137 Å². The third-order valence-corrected chi connectivity index (χ3v) is 3.62. The molecule has 2 rings (SSSR count). The summed E-state index contributed by atoms with van der Waals surface area (Å²) in [5, 5.41) is 0. The van der Waals surface area contributed by atoms with Gasteiger partial charge in [-0.3, -0.25) is 4.84 Å². The molecular formula is C17H26N2O4. The minimum absolute atomic E-state index is 0.0527. The molecule has 0 spiro atoms. The summed E-state index contributed by atoms with van der Waals surface area (Å²) in [4.78, 5) is 18.6. The van der Waals surface area contributed by atoms with Crippen LogP contribution in [0.25, 0.3) is 0 Å². The van der Waals surface area contributed by atoms with Gasteiger partial charge in [-0.1, -0.05) is 12.1 Å². The maximum Gasteiger partial charge on any atom is 0.410 e. The number of carbonyl (C=O) groups excluding carboxylic acids is 1. The molecule has 1 amide bonds. The molecule has 128 valence electrons. The van der Waals surface area contributed by atoms with Gasteiger partial charge < -0.3 is 14.4 Å². The Morgan fingerprint density at radius 2 is 2.00 bits per heavy atom. The van der Waals surface area contributed by atoms with Crippen molar-refractivity contribution >= 4 is 6.09 Å². The van der Waals surface area contributed by atoms with Crippen LogP contribution in [-0.4, -0.2) is 35.8 Å². The van der Waals surface area contributed by atoms with E-state index in [1.54, 1.807) is 4.90 Å². The van der Waals surface area contributed by atoms with Crippen molar-refractivity contribution in [3.05, 3.63) is 29.8 Å². The van der Waals surface area contributed by atoms with Crippen molar-refractivity contribution in [2.75, 3.05) is 13.2 Å². The lowest BCUT2D eigenvalue weighted by atomic mass is 10.2. The molecule has 1 fully saturated rings. The molecule has 0 bridgehead atoms. The fourth-order valence-corrected chi connectivity index (χ4v) is 2.54. The van der Waals surface area contributed by atoms with E-state index < -0.39 is 5.60 Å². The third-order valence-electron chi connectivity index (χ3n) is 3.62. The van der Waals surface area contributed by atoms with Crippen molar-refractivity contribution < 1.29 is 19.1 Å². The van der Waals surface area contributed by atoms with E-state index in [0.717, 1.165) is 30.7 Å². The van der Waals surface area contributed by atoms with Gasteiger partial charge in [0.05, 0.1) is 12.6 Å². The molecule has 1 atom stereocenters. The maximum absolute atomic E-state index is 12.2. The quantitative estimate of drug-likeness (QED) is 0.844. The number of rotatable bonds is 5. The lowest BCUT2D eigenvalue weighted by molar-refractivity contribution is 0.0187. The second kappa shape index (κ2) is 7.66. The van der Waals surface area contributed by atoms with Gasteiger partial charge in [0.1, 0.15) is 18.0 Å². The van der Waals surface area contributed by atoms with Gasteiger partial charge in [0.2, 0.25) is 0 Å². The Hall–Kier alpha value is -1.79. The predicted octanol–water partition coefficient (Wildman–Crippen LogP) is 2.86. The number of likely N-dealkylation sites (tertiary alicyclic amines) is 1. The van der Waals surface area contributed by atoms with Crippen LogP contribution in [0.3, 0.4) is 0 Å². The standard InChI is InChI=1S/C17H26N2O4/c1-17(2,3)23-16(20)19-10-4-5-14(19)12-21-15-8-6-13(7-9-15)11-22-18/h6-9,14H,4-5,10-12,18H2,1-3H3/t14-/m0/s1. The van der Waals surface area contributed by atoms with Crippen LogP contribution in [-0.2, 0) is 16.2 Å². The summed E-state index contributed by atoms with van der Waals surface area (Å²) in [6, 6.07) is 7.62. The average Bonchev–Trinajstić information content (AvgIpc) is 2.94. The molecule has 1 aliphatic heterocycles. The summed E-state index contributed by atoms with van der Waals surface area (Å²) in [5.74, 6) is 5.81. The Bertz CT molecular complexity index is 510. The van der Waals surface area contributed by atoms with E-state index in [1.807, 2.05) is 45.0 Å². The summed E-state index contributed by atoms with van der Waals surface area (Å²) >= 11 is 0. The van der Waals surface area contributed by atoms with Crippen molar-refractivity contribution in [3.8, 4) is 5.75 Å². The number of ether oxygens (including phenoxy) is 2. The van der Waals surface area contributed by atoms with Gasteiger partial charge in [0, 0.05) is 6.54 Å². The molecule has 23 heavy (non-hydrogen) atoms. The number of nitrogens with zero attached hydrogens (tertiary/aromatic N) is 1. The first-order valence-corrected chi connectivity index (χ1v) is 7.92. The van der Waals surface area contributed by atoms with Crippen LogP contribution in [0.5, 0.6) is 5.75 Å². The molecule has 6 nitrogen and oxygen atoms in total. The number of nitrogens with two attached hydrogens (primary N) is 1. The zero-order chi connectivity index (χ0) is 16.9. The molecule has 1 saturated heterocycles. The van der Waals surface area contributed by atoms with E-state index in [2.05, 4.69) is 4.84 Å². The van der Waals surface area contributed by atoms with Crippen LogP contribution in [0.15, 0.2) is 24.3 Å².